The molecule has 0 saturated heterocycles. The summed E-state index contributed by atoms with van der Waals surface area (Å²) in [6.07, 6.45) is 9.00. The maximum Gasteiger partial charge on any atom is 0.240 e. The lowest BCUT2D eigenvalue weighted by Crippen LogP contribution is -2.25. The molecule has 0 bridgehead atoms. The molecule has 0 unspecified atom stereocenters. The lowest BCUT2D eigenvalue weighted by atomic mass is 10.0. The molecule has 0 atom stereocenters. The molecule has 1 aromatic heterocycles. The third-order valence-corrected chi connectivity index (χ3v) is 3.63. The van der Waals surface area contributed by atoms with E-state index in [1.807, 2.05) is 12.5 Å². The fourth-order valence-corrected chi connectivity index (χ4v) is 2.43. The van der Waals surface area contributed by atoms with Gasteiger partial charge in [-0.25, -0.2) is 10.4 Å². The van der Waals surface area contributed by atoms with Crippen molar-refractivity contribution in [1.82, 2.24) is 15.0 Å². The van der Waals surface area contributed by atoms with Crippen LogP contribution < -0.4 is 5.43 Å². The summed E-state index contributed by atoms with van der Waals surface area (Å²) in [5, 5.41) is 4.11. The molecule has 2 heterocycles. The second-order valence-corrected chi connectivity index (χ2v) is 5.19. The summed E-state index contributed by atoms with van der Waals surface area (Å²) >= 11 is 0. The first kappa shape index (κ1) is 13.5. The minimum absolute atomic E-state index is 0.00475. The first-order chi connectivity index (χ1) is 10.3. The molecule has 1 amide bonds. The summed E-state index contributed by atoms with van der Waals surface area (Å²) in [7, 11) is 0. The number of aromatic nitrogens is 2. The highest BCUT2D eigenvalue weighted by molar-refractivity contribution is 6.04. The Balaban J connectivity index is 1.55. The summed E-state index contributed by atoms with van der Waals surface area (Å²) in [6, 6.07) is 8.45. The van der Waals surface area contributed by atoms with E-state index in [4.69, 9.17) is 0 Å². The van der Waals surface area contributed by atoms with E-state index in [9.17, 15) is 4.79 Å². The third kappa shape index (κ3) is 3.56. The molecule has 1 N–H and O–H groups in total. The monoisotopic (exact) mass is 282 g/mol. The number of hydrazone groups is 1. The molecule has 0 saturated carbocycles. The summed E-state index contributed by atoms with van der Waals surface area (Å²) in [6.45, 7) is 0.987. The van der Waals surface area contributed by atoms with Crippen molar-refractivity contribution in [2.45, 2.75) is 32.2 Å². The average Bonchev–Trinajstić information content (AvgIpc) is 3.02. The largest absolute Gasteiger partial charge is 0.337 e. The van der Waals surface area contributed by atoms with Gasteiger partial charge in [0.1, 0.15) is 0 Å². The van der Waals surface area contributed by atoms with Crippen molar-refractivity contribution in [3.8, 4) is 0 Å². The van der Waals surface area contributed by atoms with Crippen LogP contribution in [0.2, 0.25) is 0 Å². The van der Waals surface area contributed by atoms with Crippen LogP contribution >= 0.6 is 0 Å². The van der Waals surface area contributed by atoms with E-state index >= 15 is 0 Å². The Labute approximate surface area is 123 Å². The molecule has 0 aliphatic carbocycles. The number of amides is 1. The highest BCUT2D eigenvalue weighted by Gasteiger charge is 2.12. The highest BCUT2D eigenvalue weighted by Crippen LogP contribution is 2.12. The van der Waals surface area contributed by atoms with Crippen LogP contribution in [0.4, 0.5) is 0 Å². The minimum Gasteiger partial charge on any atom is -0.337 e. The minimum atomic E-state index is -0.00475. The summed E-state index contributed by atoms with van der Waals surface area (Å²) in [4.78, 5) is 15.1. The van der Waals surface area contributed by atoms with Crippen LogP contribution in [0.1, 0.15) is 30.4 Å². The van der Waals surface area contributed by atoms with E-state index in [1.54, 1.807) is 6.20 Å². The van der Waals surface area contributed by atoms with Gasteiger partial charge in [0.05, 0.1) is 12.0 Å². The molecule has 1 aliphatic heterocycles. The number of carbonyl (C=O) groups excluding carboxylic acids is 1. The normalized spacial score (nSPS) is 14.7. The van der Waals surface area contributed by atoms with E-state index in [-0.39, 0.29) is 5.91 Å². The standard InChI is InChI=1S/C16H18N4O/c21-16-8-7-15(18-19-16)14-5-3-13(4-6-14)2-1-10-20-11-9-17-12-20/h3-6,9,11-12H,1-2,7-8,10H2,(H,19,21). The molecule has 108 valence electrons. The van der Waals surface area contributed by atoms with Crippen molar-refractivity contribution in [1.29, 1.82) is 0 Å². The number of nitrogens with zero attached hydrogens (tertiary/aromatic N) is 3. The zero-order chi connectivity index (χ0) is 14.5. The van der Waals surface area contributed by atoms with Crippen LogP contribution in [0.25, 0.3) is 0 Å². The first-order valence-electron chi connectivity index (χ1n) is 7.22. The van der Waals surface area contributed by atoms with Gasteiger partial charge in [-0.05, 0) is 24.0 Å². The lowest BCUT2D eigenvalue weighted by Gasteiger charge is -2.12. The van der Waals surface area contributed by atoms with Crippen molar-refractivity contribution in [3.05, 3.63) is 54.1 Å². The van der Waals surface area contributed by atoms with E-state index < -0.39 is 0 Å². The molecular formula is C16H18N4O. The fraction of sp³-hybridized carbons (Fsp3) is 0.312. The van der Waals surface area contributed by atoms with Crippen LogP contribution in [-0.4, -0.2) is 21.2 Å². The molecule has 1 aliphatic rings. The number of imidazole rings is 1. The maximum absolute atomic E-state index is 11.1. The van der Waals surface area contributed by atoms with Crippen LogP contribution in [0.3, 0.4) is 0 Å². The molecule has 3 rings (SSSR count). The maximum atomic E-state index is 11.1. The molecule has 21 heavy (non-hydrogen) atoms. The molecule has 0 radical (unpaired) electrons. The van der Waals surface area contributed by atoms with Crippen LogP contribution in [0.5, 0.6) is 0 Å². The summed E-state index contributed by atoms with van der Waals surface area (Å²) in [5.74, 6) is -0.00475. The Kier molecular flexibility index (Phi) is 4.09. The van der Waals surface area contributed by atoms with Gasteiger partial charge in [0.2, 0.25) is 5.91 Å². The number of aryl methyl sites for hydroxylation is 2. The van der Waals surface area contributed by atoms with Gasteiger partial charge in [-0.1, -0.05) is 24.3 Å². The summed E-state index contributed by atoms with van der Waals surface area (Å²) in [5.41, 5.74) is 5.90. The average molecular weight is 282 g/mol. The number of hydrogen-bond acceptors (Lipinski definition) is 3. The van der Waals surface area contributed by atoms with Gasteiger partial charge in [0.15, 0.2) is 0 Å². The van der Waals surface area contributed by atoms with Gasteiger partial charge in [0, 0.05) is 31.8 Å². The van der Waals surface area contributed by atoms with Crippen molar-refractivity contribution < 1.29 is 4.79 Å². The van der Waals surface area contributed by atoms with Gasteiger partial charge >= 0.3 is 0 Å². The number of carbonyl (C=O) groups is 1. The second kappa shape index (κ2) is 6.35. The number of benzene rings is 1. The van der Waals surface area contributed by atoms with Crippen LogP contribution in [0, 0.1) is 0 Å². The lowest BCUT2D eigenvalue weighted by molar-refractivity contribution is -0.121. The van der Waals surface area contributed by atoms with Crippen molar-refractivity contribution >= 4 is 11.6 Å². The summed E-state index contributed by atoms with van der Waals surface area (Å²) < 4.78 is 2.09. The van der Waals surface area contributed by atoms with Crippen molar-refractivity contribution in [2.75, 3.05) is 0 Å². The Morgan fingerprint density at radius 2 is 2.05 bits per heavy atom. The van der Waals surface area contributed by atoms with Gasteiger partial charge in [-0.2, -0.15) is 5.10 Å². The Morgan fingerprint density at radius 3 is 2.71 bits per heavy atom. The predicted octanol–water partition coefficient (Wildman–Crippen LogP) is 2.13. The molecule has 0 fully saturated rings. The van der Waals surface area contributed by atoms with E-state index in [0.29, 0.717) is 12.8 Å². The molecule has 0 spiro atoms. The van der Waals surface area contributed by atoms with Gasteiger partial charge in [-0.3, -0.25) is 4.79 Å². The molecule has 2 aromatic rings. The van der Waals surface area contributed by atoms with E-state index in [1.165, 1.54) is 5.56 Å². The molecule has 5 nitrogen and oxygen atoms in total. The van der Waals surface area contributed by atoms with Crippen LogP contribution in [-0.2, 0) is 17.8 Å². The molecule has 5 heteroatoms. The first-order valence-corrected chi connectivity index (χ1v) is 7.22. The molecular weight excluding hydrogens is 264 g/mol. The van der Waals surface area contributed by atoms with E-state index in [0.717, 1.165) is 30.7 Å². The van der Waals surface area contributed by atoms with Gasteiger partial charge in [0.25, 0.3) is 0 Å². The quantitative estimate of drug-likeness (QED) is 0.913. The van der Waals surface area contributed by atoms with Gasteiger partial charge in [-0.15, -0.1) is 0 Å². The Morgan fingerprint density at radius 1 is 1.19 bits per heavy atom. The van der Waals surface area contributed by atoms with Crippen LogP contribution in [0.15, 0.2) is 48.1 Å². The number of hydrogen-bond donors (Lipinski definition) is 1. The third-order valence-electron chi connectivity index (χ3n) is 3.63. The van der Waals surface area contributed by atoms with E-state index in [2.05, 4.69) is 44.3 Å². The van der Waals surface area contributed by atoms with Gasteiger partial charge < -0.3 is 4.57 Å². The fourth-order valence-electron chi connectivity index (χ4n) is 2.43. The predicted molar refractivity (Wildman–Crippen MR) is 80.9 cm³/mol. The highest BCUT2D eigenvalue weighted by atomic mass is 16.2. The smallest absolute Gasteiger partial charge is 0.240 e. The SMILES string of the molecule is O=C1CCC(c2ccc(CCCn3ccnc3)cc2)=NN1. The number of nitrogens with one attached hydrogen (secondary N) is 1. The number of rotatable bonds is 5. The zero-order valence-electron chi connectivity index (χ0n) is 11.8. The molecule has 1 aromatic carbocycles. The van der Waals surface area contributed by atoms with Crippen molar-refractivity contribution in [2.24, 2.45) is 5.10 Å². The Hall–Kier alpha value is -2.43. The second-order valence-electron chi connectivity index (χ2n) is 5.19. The Bertz CT molecular complexity index is 629. The van der Waals surface area contributed by atoms with Crippen molar-refractivity contribution in [3.63, 3.8) is 0 Å². The zero-order valence-corrected chi connectivity index (χ0v) is 11.8. The topological polar surface area (TPSA) is 59.3 Å².